The fourth-order valence-corrected chi connectivity index (χ4v) is 5.43. The number of fused-ring (bicyclic) bond motifs is 2. The van der Waals surface area contributed by atoms with Crippen molar-refractivity contribution in [2.45, 2.75) is 58.2 Å². The van der Waals surface area contributed by atoms with E-state index in [1.807, 2.05) is 12.1 Å². The number of hydrogen-bond acceptors (Lipinski definition) is 3. The Labute approximate surface area is 165 Å². The molecule has 0 saturated heterocycles. The van der Waals surface area contributed by atoms with Gasteiger partial charge in [0.25, 0.3) is 0 Å². The Kier molecular flexibility index (Phi) is 6.42. The molecule has 3 rings (SSSR count). The molecule has 1 aromatic carbocycles. The topological polar surface area (TPSA) is 35.5 Å². The van der Waals surface area contributed by atoms with Gasteiger partial charge in [0, 0.05) is 17.1 Å². The van der Waals surface area contributed by atoms with E-state index in [1.54, 1.807) is 7.11 Å². The molecular formula is C21H29IO3. The third-order valence-electron chi connectivity index (χ3n) is 6.00. The molecule has 2 aliphatic rings. The van der Waals surface area contributed by atoms with Gasteiger partial charge in [0.1, 0.15) is 12.2 Å². The Morgan fingerprint density at radius 1 is 1.24 bits per heavy atom. The second-order valence-corrected chi connectivity index (χ2v) is 9.18. The first kappa shape index (κ1) is 19.2. The Balaban J connectivity index is 1.67. The van der Waals surface area contributed by atoms with Gasteiger partial charge in [0.05, 0.1) is 0 Å². The Bertz CT molecular complexity index is 601. The molecule has 3 nitrogen and oxygen atoms in total. The SMILES string of the molecule is CO[C@@H](c1ccccc1I)[C@@H](OC(=O)CC1CC2CCC1C2)C(C)C. The zero-order chi connectivity index (χ0) is 18.0. The van der Waals surface area contributed by atoms with Gasteiger partial charge in [-0.05, 0) is 77.2 Å². The maximum Gasteiger partial charge on any atom is 0.306 e. The number of benzene rings is 1. The van der Waals surface area contributed by atoms with Crippen LogP contribution < -0.4 is 0 Å². The first-order valence-corrected chi connectivity index (χ1v) is 10.5. The molecule has 25 heavy (non-hydrogen) atoms. The summed E-state index contributed by atoms with van der Waals surface area (Å²) in [7, 11) is 1.70. The molecule has 4 heteroatoms. The van der Waals surface area contributed by atoms with Gasteiger partial charge in [-0.3, -0.25) is 4.79 Å². The van der Waals surface area contributed by atoms with Crippen molar-refractivity contribution in [2.24, 2.45) is 23.7 Å². The van der Waals surface area contributed by atoms with E-state index in [0.29, 0.717) is 12.3 Å². The smallest absolute Gasteiger partial charge is 0.306 e. The summed E-state index contributed by atoms with van der Waals surface area (Å²) in [5, 5.41) is 0. The lowest BCUT2D eigenvalue weighted by molar-refractivity contribution is -0.162. The van der Waals surface area contributed by atoms with Gasteiger partial charge in [-0.15, -0.1) is 0 Å². The van der Waals surface area contributed by atoms with E-state index >= 15 is 0 Å². The molecule has 138 valence electrons. The third kappa shape index (κ3) is 4.38. The van der Waals surface area contributed by atoms with Crippen LogP contribution in [0.4, 0.5) is 0 Å². The summed E-state index contributed by atoms with van der Waals surface area (Å²) in [4.78, 5) is 12.6. The second kappa shape index (κ2) is 8.38. The third-order valence-corrected chi connectivity index (χ3v) is 6.98. The van der Waals surface area contributed by atoms with Crippen LogP contribution in [0.3, 0.4) is 0 Å². The molecule has 0 radical (unpaired) electrons. The van der Waals surface area contributed by atoms with Gasteiger partial charge in [0.2, 0.25) is 0 Å². The average molecular weight is 456 g/mol. The lowest BCUT2D eigenvalue weighted by atomic mass is 9.86. The fraction of sp³-hybridized carbons (Fsp3) is 0.667. The average Bonchev–Trinajstić information content (AvgIpc) is 3.18. The molecular weight excluding hydrogens is 427 g/mol. The lowest BCUT2D eigenvalue weighted by Crippen LogP contribution is -2.33. The molecule has 0 aromatic heterocycles. The molecule has 0 heterocycles. The van der Waals surface area contributed by atoms with Crippen molar-refractivity contribution in [1.29, 1.82) is 0 Å². The molecule has 0 aliphatic heterocycles. The van der Waals surface area contributed by atoms with Crippen molar-refractivity contribution in [3.63, 3.8) is 0 Å². The van der Waals surface area contributed by atoms with Crippen molar-refractivity contribution in [1.82, 2.24) is 0 Å². The molecule has 3 unspecified atom stereocenters. The van der Waals surface area contributed by atoms with E-state index in [1.165, 1.54) is 25.7 Å². The minimum Gasteiger partial charge on any atom is -0.459 e. The molecule has 0 spiro atoms. The van der Waals surface area contributed by atoms with Gasteiger partial charge >= 0.3 is 5.97 Å². The van der Waals surface area contributed by atoms with Crippen LogP contribution >= 0.6 is 22.6 Å². The number of hydrogen-bond donors (Lipinski definition) is 0. The van der Waals surface area contributed by atoms with Crippen molar-refractivity contribution < 1.29 is 14.3 Å². The van der Waals surface area contributed by atoms with Gasteiger partial charge in [-0.25, -0.2) is 0 Å². The number of carbonyl (C=O) groups is 1. The first-order chi connectivity index (χ1) is 12.0. The van der Waals surface area contributed by atoms with Gasteiger partial charge in [0.15, 0.2) is 0 Å². The van der Waals surface area contributed by atoms with Gasteiger partial charge < -0.3 is 9.47 Å². The molecule has 1 aromatic rings. The highest BCUT2D eigenvalue weighted by Gasteiger charge is 2.41. The van der Waals surface area contributed by atoms with Crippen LogP contribution in [0.25, 0.3) is 0 Å². The normalized spacial score (nSPS) is 27.5. The second-order valence-electron chi connectivity index (χ2n) is 8.02. The van der Waals surface area contributed by atoms with Crippen LogP contribution in [-0.2, 0) is 14.3 Å². The maximum atomic E-state index is 12.6. The van der Waals surface area contributed by atoms with E-state index in [9.17, 15) is 4.79 Å². The van der Waals surface area contributed by atoms with Gasteiger partial charge in [-0.2, -0.15) is 0 Å². The van der Waals surface area contributed by atoms with Crippen LogP contribution in [0.5, 0.6) is 0 Å². The number of ether oxygens (including phenoxy) is 2. The minimum absolute atomic E-state index is 0.0516. The first-order valence-electron chi connectivity index (χ1n) is 9.46. The minimum atomic E-state index is -0.257. The largest absolute Gasteiger partial charge is 0.459 e. The highest BCUT2D eigenvalue weighted by molar-refractivity contribution is 14.1. The highest BCUT2D eigenvalue weighted by Crippen LogP contribution is 2.49. The van der Waals surface area contributed by atoms with E-state index in [2.05, 4.69) is 48.6 Å². The van der Waals surface area contributed by atoms with Crippen LogP contribution in [-0.4, -0.2) is 19.2 Å². The summed E-state index contributed by atoms with van der Waals surface area (Å²) in [5.41, 5.74) is 1.09. The van der Waals surface area contributed by atoms with Crippen molar-refractivity contribution in [3.8, 4) is 0 Å². The Hall–Kier alpha value is -0.620. The lowest BCUT2D eigenvalue weighted by Gasteiger charge is -2.31. The van der Waals surface area contributed by atoms with Crippen LogP contribution in [0.2, 0.25) is 0 Å². The van der Waals surface area contributed by atoms with Crippen LogP contribution in [0.1, 0.15) is 57.6 Å². The molecule has 0 N–H and O–H groups in total. The van der Waals surface area contributed by atoms with Crippen molar-refractivity contribution in [2.75, 3.05) is 7.11 Å². The number of methoxy groups -OCH3 is 1. The van der Waals surface area contributed by atoms with Gasteiger partial charge in [-0.1, -0.05) is 38.5 Å². The highest BCUT2D eigenvalue weighted by atomic mass is 127. The van der Waals surface area contributed by atoms with E-state index in [0.717, 1.165) is 21.0 Å². The number of halogens is 1. The molecule has 2 saturated carbocycles. The Morgan fingerprint density at radius 2 is 2.00 bits per heavy atom. The fourth-order valence-electron chi connectivity index (χ4n) is 4.73. The zero-order valence-corrected chi connectivity index (χ0v) is 17.6. The van der Waals surface area contributed by atoms with Crippen LogP contribution in [0, 0.1) is 27.2 Å². The van der Waals surface area contributed by atoms with Crippen molar-refractivity contribution in [3.05, 3.63) is 33.4 Å². The summed E-state index contributed by atoms with van der Waals surface area (Å²) in [5.74, 6) is 2.30. The predicted molar refractivity (Wildman–Crippen MR) is 107 cm³/mol. The Morgan fingerprint density at radius 3 is 2.56 bits per heavy atom. The van der Waals surface area contributed by atoms with Crippen LogP contribution in [0.15, 0.2) is 24.3 Å². The standard InChI is InChI=1S/C21H29IO3/c1-13(2)20(21(24-3)17-6-4-5-7-18(17)22)25-19(23)12-16-11-14-8-9-15(16)10-14/h4-7,13-16,20-21H,8-12H2,1-3H3/t14?,15?,16?,20-,21-/m0/s1. The van der Waals surface area contributed by atoms with E-state index < -0.39 is 0 Å². The quantitative estimate of drug-likeness (QED) is 0.409. The molecule has 2 aliphatic carbocycles. The van der Waals surface area contributed by atoms with Crippen molar-refractivity contribution >= 4 is 28.6 Å². The summed E-state index contributed by atoms with van der Waals surface area (Å²) in [6.45, 7) is 4.19. The van der Waals surface area contributed by atoms with E-state index in [4.69, 9.17) is 9.47 Å². The maximum absolute atomic E-state index is 12.6. The predicted octanol–water partition coefficient (Wildman–Crippen LogP) is 5.37. The summed E-state index contributed by atoms with van der Waals surface area (Å²) in [6.07, 6.45) is 5.31. The monoisotopic (exact) mass is 456 g/mol. The van der Waals surface area contributed by atoms with E-state index in [-0.39, 0.29) is 24.1 Å². The number of esters is 1. The molecule has 0 amide bonds. The molecule has 5 atom stereocenters. The molecule has 2 bridgehead atoms. The molecule has 2 fully saturated rings. The summed E-state index contributed by atoms with van der Waals surface area (Å²) >= 11 is 2.32. The zero-order valence-electron chi connectivity index (χ0n) is 15.4. The summed E-state index contributed by atoms with van der Waals surface area (Å²) < 4.78 is 12.9. The number of rotatable bonds is 7. The number of carbonyl (C=O) groups excluding carboxylic acids is 1. The summed E-state index contributed by atoms with van der Waals surface area (Å²) in [6, 6.07) is 8.16.